The predicted octanol–water partition coefficient (Wildman–Crippen LogP) is 2.62. The second-order valence-corrected chi connectivity index (χ2v) is 5.53. The van der Waals surface area contributed by atoms with Gasteiger partial charge in [-0.1, -0.05) is 22.9 Å². The number of hydrogen-bond acceptors (Lipinski definition) is 3. The highest BCUT2D eigenvalue weighted by Gasteiger charge is 2.11. The van der Waals surface area contributed by atoms with Crippen LogP contribution in [0.5, 0.6) is 0 Å². The van der Waals surface area contributed by atoms with E-state index in [1.165, 1.54) is 0 Å². The summed E-state index contributed by atoms with van der Waals surface area (Å²) in [5.41, 5.74) is 3.01. The first-order chi connectivity index (χ1) is 6.91. The van der Waals surface area contributed by atoms with Crippen LogP contribution in [0.4, 0.5) is 5.82 Å². The van der Waals surface area contributed by atoms with E-state index in [9.17, 15) is 0 Å². The van der Waals surface area contributed by atoms with Crippen molar-refractivity contribution in [1.82, 2.24) is 9.97 Å². The minimum atomic E-state index is 0.449. The molecule has 1 aromatic rings. The summed E-state index contributed by atoms with van der Waals surface area (Å²) in [4.78, 5) is 11.6. The maximum atomic E-state index is 4.57. The second kappa shape index (κ2) is 4.92. The molecule has 1 rings (SSSR count). The summed E-state index contributed by atoms with van der Waals surface area (Å²) in [6.45, 7) is 9.05. The lowest BCUT2D eigenvalue weighted by Crippen LogP contribution is -2.26. The van der Waals surface area contributed by atoms with Crippen molar-refractivity contribution in [3.05, 3.63) is 17.1 Å². The van der Waals surface area contributed by atoms with Gasteiger partial charge in [0, 0.05) is 18.4 Å². The van der Waals surface area contributed by atoms with Crippen molar-refractivity contribution in [2.24, 2.45) is 0 Å². The number of halogens is 1. The zero-order chi connectivity index (χ0) is 11.6. The highest BCUT2D eigenvalue weighted by Crippen LogP contribution is 2.17. The highest BCUT2D eigenvalue weighted by atomic mass is 79.9. The van der Waals surface area contributed by atoms with Crippen LogP contribution in [0.2, 0.25) is 0 Å². The van der Waals surface area contributed by atoms with Gasteiger partial charge in [0.05, 0.1) is 17.1 Å². The molecule has 0 amide bonds. The van der Waals surface area contributed by atoms with Crippen molar-refractivity contribution in [3.8, 4) is 0 Å². The van der Waals surface area contributed by atoms with E-state index < -0.39 is 0 Å². The lowest BCUT2D eigenvalue weighted by molar-refractivity contribution is 0.836. The average Bonchev–Trinajstić information content (AvgIpc) is 2.09. The molecule has 0 aromatic carbocycles. The Bertz CT molecular complexity index is 350. The molecule has 0 saturated carbocycles. The van der Waals surface area contributed by atoms with E-state index in [2.05, 4.69) is 37.7 Å². The number of hydrogen-bond donors (Lipinski definition) is 0. The SMILES string of the molecule is Cc1nc(C)c(N(C)CC(C)Br)nc1C. The van der Waals surface area contributed by atoms with E-state index in [0.717, 1.165) is 29.4 Å². The number of alkyl halides is 1. The van der Waals surface area contributed by atoms with Crippen molar-refractivity contribution in [3.63, 3.8) is 0 Å². The third-order valence-corrected chi connectivity index (χ3v) is 2.63. The normalized spacial score (nSPS) is 12.7. The number of aryl methyl sites for hydroxylation is 3. The molecule has 1 unspecified atom stereocenters. The fraction of sp³-hybridized carbons (Fsp3) is 0.636. The largest absolute Gasteiger partial charge is 0.357 e. The Morgan fingerprint density at radius 3 is 2.20 bits per heavy atom. The molecule has 0 saturated heterocycles. The number of aromatic nitrogens is 2. The summed E-state index contributed by atoms with van der Waals surface area (Å²) in [6, 6.07) is 0. The van der Waals surface area contributed by atoms with Crippen molar-refractivity contribution < 1.29 is 0 Å². The van der Waals surface area contributed by atoms with Gasteiger partial charge >= 0.3 is 0 Å². The van der Waals surface area contributed by atoms with Gasteiger partial charge in [-0.3, -0.25) is 4.98 Å². The smallest absolute Gasteiger partial charge is 0.150 e. The van der Waals surface area contributed by atoms with Crippen LogP contribution in [0.15, 0.2) is 0 Å². The molecule has 4 heteroatoms. The van der Waals surface area contributed by atoms with E-state index >= 15 is 0 Å². The zero-order valence-corrected chi connectivity index (χ0v) is 11.6. The molecule has 84 valence electrons. The van der Waals surface area contributed by atoms with E-state index in [4.69, 9.17) is 0 Å². The Balaban J connectivity index is 2.98. The highest BCUT2D eigenvalue weighted by molar-refractivity contribution is 9.09. The van der Waals surface area contributed by atoms with E-state index in [1.807, 2.05) is 27.8 Å². The van der Waals surface area contributed by atoms with Crippen LogP contribution in [0.25, 0.3) is 0 Å². The Morgan fingerprint density at radius 1 is 1.13 bits per heavy atom. The number of nitrogens with zero attached hydrogens (tertiary/aromatic N) is 3. The van der Waals surface area contributed by atoms with Crippen molar-refractivity contribution >= 4 is 21.7 Å². The van der Waals surface area contributed by atoms with Crippen molar-refractivity contribution in [2.75, 3.05) is 18.5 Å². The summed E-state index contributed by atoms with van der Waals surface area (Å²) in [5.74, 6) is 0.976. The van der Waals surface area contributed by atoms with Gasteiger partial charge in [-0.05, 0) is 20.8 Å². The monoisotopic (exact) mass is 271 g/mol. The molecular weight excluding hydrogens is 254 g/mol. The zero-order valence-electron chi connectivity index (χ0n) is 10.0. The van der Waals surface area contributed by atoms with Crippen LogP contribution >= 0.6 is 15.9 Å². The second-order valence-electron chi connectivity index (χ2n) is 3.96. The minimum absolute atomic E-state index is 0.449. The molecule has 0 N–H and O–H groups in total. The third kappa shape index (κ3) is 3.16. The molecule has 1 heterocycles. The molecule has 0 bridgehead atoms. The van der Waals surface area contributed by atoms with Crippen LogP contribution < -0.4 is 4.90 Å². The van der Waals surface area contributed by atoms with Gasteiger partial charge in [-0.2, -0.15) is 0 Å². The third-order valence-electron chi connectivity index (χ3n) is 2.34. The summed E-state index contributed by atoms with van der Waals surface area (Å²) in [6.07, 6.45) is 0. The fourth-order valence-electron chi connectivity index (χ4n) is 1.53. The summed E-state index contributed by atoms with van der Waals surface area (Å²) in [7, 11) is 2.05. The maximum Gasteiger partial charge on any atom is 0.150 e. The molecule has 0 fully saturated rings. The summed E-state index contributed by atoms with van der Waals surface area (Å²) in [5, 5.41) is 0. The van der Waals surface area contributed by atoms with E-state index in [-0.39, 0.29) is 0 Å². The van der Waals surface area contributed by atoms with Gasteiger partial charge in [-0.15, -0.1) is 0 Å². The van der Waals surface area contributed by atoms with Crippen molar-refractivity contribution in [1.29, 1.82) is 0 Å². The molecule has 0 aliphatic heterocycles. The summed E-state index contributed by atoms with van der Waals surface area (Å²) >= 11 is 3.54. The van der Waals surface area contributed by atoms with Gasteiger partial charge < -0.3 is 4.90 Å². The quantitative estimate of drug-likeness (QED) is 0.792. The molecule has 1 aromatic heterocycles. The molecule has 0 aliphatic rings. The lowest BCUT2D eigenvalue weighted by atomic mass is 10.3. The van der Waals surface area contributed by atoms with Crippen molar-refractivity contribution in [2.45, 2.75) is 32.5 Å². The van der Waals surface area contributed by atoms with Gasteiger partial charge in [0.25, 0.3) is 0 Å². The topological polar surface area (TPSA) is 29.0 Å². The summed E-state index contributed by atoms with van der Waals surface area (Å²) < 4.78 is 0. The first-order valence-corrected chi connectivity index (χ1v) is 6.00. The van der Waals surface area contributed by atoms with Gasteiger partial charge in [-0.25, -0.2) is 4.98 Å². The number of anilines is 1. The van der Waals surface area contributed by atoms with Crippen LogP contribution in [0.3, 0.4) is 0 Å². The van der Waals surface area contributed by atoms with Gasteiger partial charge in [0.1, 0.15) is 5.82 Å². The molecule has 0 radical (unpaired) electrons. The van der Waals surface area contributed by atoms with Crippen LogP contribution in [0.1, 0.15) is 24.0 Å². The average molecular weight is 272 g/mol. The maximum absolute atomic E-state index is 4.57. The molecule has 0 aliphatic carbocycles. The van der Waals surface area contributed by atoms with Gasteiger partial charge in [0.15, 0.2) is 0 Å². The van der Waals surface area contributed by atoms with E-state index in [0.29, 0.717) is 4.83 Å². The molecule has 1 atom stereocenters. The Hall–Kier alpha value is -0.640. The Morgan fingerprint density at radius 2 is 1.67 bits per heavy atom. The van der Waals surface area contributed by atoms with Crippen LogP contribution in [0, 0.1) is 20.8 Å². The molecule has 15 heavy (non-hydrogen) atoms. The Labute approximate surface area is 100 Å². The molecule has 0 spiro atoms. The number of rotatable bonds is 3. The predicted molar refractivity (Wildman–Crippen MR) is 67.9 cm³/mol. The molecular formula is C11H18BrN3. The minimum Gasteiger partial charge on any atom is -0.357 e. The van der Waals surface area contributed by atoms with Gasteiger partial charge in [0.2, 0.25) is 0 Å². The molecule has 3 nitrogen and oxygen atoms in total. The van der Waals surface area contributed by atoms with Crippen LogP contribution in [-0.2, 0) is 0 Å². The van der Waals surface area contributed by atoms with E-state index in [1.54, 1.807) is 0 Å². The lowest BCUT2D eigenvalue weighted by Gasteiger charge is -2.21. The van der Waals surface area contributed by atoms with Crippen LogP contribution in [-0.4, -0.2) is 28.4 Å². The Kier molecular flexibility index (Phi) is 4.08. The first-order valence-electron chi connectivity index (χ1n) is 5.09. The fourth-order valence-corrected chi connectivity index (χ4v) is 1.96. The first kappa shape index (κ1) is 12.4. The standard InChI is InChI=1S/C11H18BrN3/c1-7(12)6-15(5)11-10(4)13-8(2)9(3)14-11/h7H,6H2,1-5H3.